The van der Waals surface area contributed by atoms with Gasteiger partial charge in [-0.2, -0.15) is 13.2 Å². The molecule has 2 aromatic rings. The number of hydrogen-bond acceptors (Lipinski definition) is 8. The van der Waals surface area contributed by atoms with Crippen LogP contribution >= 0.6 is 0 Å². The Hall–Kier alpha value is -3.41. The van der Waals surface area contributed by atoms with Crippen molar-refractivity contribution in [2.24, 2.45) is 0 Å². The fourth-order valence-corrected chi connectivity index (χ4v) is 5.08. The van der Waals surface area contributed by atoms with Crippen molar-refractivity contribution < 1.29 is 32.2 Å². The molecule has 3 heterocycles. The topological polar surface area (TPSA) is 88.1 Å². The molecule has 2 aliphatic heterocycles. The summed E-state index contributed by atoms with van der Waals surface area (Å²) in [5, 5.41) is 0. The molecule has 1 aromatic carbocycles. The highest BCUT2D eigenvalue weighted by Gasteiger charge is 2.41. The number of methoxy groups -OCH3 is 1. The van der Waals surface area contributed by atoms with E-state index in [-0.39, 0.29) is 37.2 Å². The van der Waals surface area contributed by atoms with Crippen molar-refractivity contribution in [1.82, 2.24) is 19.8 Å². The van der Waals surface area contributed by atoms with Crippen LogP contribution in [0.2, 0.25) is 0 Å². The molecule has 206 valence electrons. The number of nitrogens with zero attached hydrogens (tertiary/aromatic N) is 5. The summed E-state index contributed by atoms with van der Waals surface area (Å²) < 4.78 is 51.0. The van der Waals surface area contributed by atoms with E-state index in [1.807, 2.05) is 18.2 Å². The van der Waals surface area contributed by atoms with E-state index in [4.69, 9.17) is 4.74 Å². The second-order valence-electron chi connectivity index (χ2n) is 9.78. The van der Waals surface area contributed by atoms with Crippen molar-refractivity contribution in [2.45, 2.75) is 57.6 Å². The summed E-state index contributed by atoms with van der Waals surface area (Å²) in [6.45, 7) is 6.54. The van der Waals surface area contributed by atoms with E-state index in [2.05, 4.69) is 31.7 Å². The molecular weight excluding hydrogens is 503 g/mol. The molecule has 2 fully saturated rings. The van der Waals surface area contributed by atoms with Crippen LogP contribution < -0.4 is 4.90 Å². The molecule has 4 rings (SSSR count). The number of alkyl halides is 3. The van der Waals surface area contributed by atoms with Gasteiger partial charge in [-0.15, -0.1) is 0 Å². The lowest BCUT2D eigenvalue weighted by Crippen LogP contribution is -2.59. The average molecular weight is 536 g/mol. The van der Waals surface area contributed by atoms with Gasteiger partial charge in [-0.3, -0.25) is 9.80 Å². The summed E-state index contributed by atoms with van der Waals surface area (Å²) in [4.78, 5) is 38.0. The standard InChI is InChI=1S/C26H32F3N5O4/c1-17-14-33(24-30-13-21(23(35)37-3)22(31-24)26(27,28)29)15-18(2)34(17)25(36)38-20-9-11-32(12-10-20)16-19-7-5-4-6-8-19/h4-8,13,17-18,20H,9-12,14-16H2,1-3H3/t17-,18-/m1/s1. The number of likely N-dealkylation sites (tertiary alicyclic amines) is 1. The maximum atomic E-state index is 13.6. The molecular formula is C26H32F3N5O4. The highest BCUT2D eigenvalue weighted by molar-refractivity contribution is 5.90. The third-order valence-corrected chi connectivity index (χ3v) is 6.91. The van der Waals surface area contributed by atoms with Gasteiger partial charge in [0.25, 0.3) is 0 Å². The Bertz CT molecular complexity index is 1110. The van der Waals surface area contributed by atoms with Crippen molar-refractivity contribution in [3.05, 3.63) is 53.3 Å². The molecule has 0 spiro atoms. The van der Waals surface area contributed by atoms with Crippen LogP contribution in [0.15, 0.2) is 36.5 Å². The minimum absolute atomic E-state index is 0.164. The van der Waals surface area contributed by atoms with Crippen LogP contribution in [0.25, 0.3) is 0 Å². The van der Waals surface area contributed by atoms with Crippen molar-refractivity contribution >= 4 is 18.0 Å². The average Bonchev–Trinajstić information content (AvgIpc) is 2.88. The monoisotopic (exact) mass is 535 g/mol. The Morgan fingerprint density at radius 1 is 1.05 bits per heavy atom. The molecule has 0 N–H and O–H groups in total. The van der Waals surface area contributed by atoms with Crippen molar-refractivity contribution in [3.63, 3.8) is 0 Å². The molecule has 2 atom stereocenters. The number of piperidine rings is 1. The fraction of sp³-hybridized carbons (Fsp3) is 0.538. The molecule has 2 aliphatic rings. The molecule has 0 radical (unpaired) electrons. The van der Waals surface area contributed by atoms with Crippen LogP contribution in [-0.4, -0.2) is 83.3 Å². The molecule has 12 heteroatoms. The SMILES string of the molecule is COC(=O)c1cnc(N2C[C@@H](C)N(C(=O)OC3CCN(Cc4ccccc4)CC3)[C@H](C)C2)nc1C(F)(F)F. The Morgan fingerprint density at radius 3 is 2.26 bits per heavy atom. The van der Waals surface area contributed by atoms with Gasteiger partial charge in [-0.25, -0.2) is 19.6 Å². The normalized spacial score (nSPS) is 21.3. The molecule has 2 saturated heterocycles. The van der Waals surface area contributed by atoms with Gasteiger partial charge in [0.2, 0.25) is 5.95 Å². The fourth-order valence-electron chi connectivity index (χ4n) is 5.08. The number of hydrogen-bond donors (Lipinski definition) is 0. The lowest BCUT2D eigenvalue weighted by Gasteiger charge is -2.44. The first-order valence-electron chi connectivity index (χ1n) is 12.6. The molecule has 1 aromatic heterocycles. The number of ether oxygens (including phenoxy) is 2. The number of carbonyl (C=O) groups is 2. The minimum Gasteiger partial charge on any atom is -0.465 e. The van der Waals surface area contributed by atoms with Crippen molar-refractivity contribution in [3.8, 4) is 0 Å². The third kappa shape index (κ3) is 6.35. The van der Waals surface area contributed by atoms with Gasteiger partial charge in [0.05, 0.1) is 19.2 Å². The number of halogens is 3. The van der Waals surface area contributed by atoms with Gasteiger partial charge < -0.3 is 14.4 Å². The summed E-state index contributed by atoms with van der Waals surface area (Å²) in [6, 6.07) is 9.50. The minimum atomic E-state index is -4.86. The number of amides is 1. The second kappa shape index (κ2) is 11.5. The Labute approximate surface area is 219 Å². The number of esters is 1. The first-order chi connectivity index (χ1) is 18.1. The van der Waals surface area contributed by atoms with Crippen LogP contribution in [-0.2, 0) is 22.2 Å². The summed E-state index contributed by atoms with van der Waals surface area (Å²) >= 11 is 0. The van der Waals surface area contributed by atoms with E-state index in [1.54, 1.807) is 23.6 Å². The quantitative estimate of drug-likeness (QED) is 0.532. The number of anilines is 1. The molecule has 0 aliphatic carbocycles. The second-order valence-corrected chi connectivity index (χ2v) is 9.78. The zero-order chi connectivity index (χ0) is 27.4. The zero-order valence-electron chi connectivity index (χ0n) is 21.6. The predicted octanol–water partition coefficient (Wildman–Crippen LogP) is 3.98. The summed E-state index contributed by atoms with van der Waals surface area (Å²) in [6.07, 6.45) is -3.17. The highest BCUT2D eigenvalue weighted by Crippen LogP contribution is 2.32. The van der Waals surface area contributed by atoms with Gasteiger partial charge in [0.1, 0.15) is 11.7 Å². The van der Waals surface area contributed by atoms with Crippen LogP contribution in [0.4, 0.5) is 23.9 Å². The Morgan fingerprint density at radius 2 is 1.68 bits per heavy atom. The molecule has 38 heavy (non-hydrogen) atoms. The van der Waals surface area contributed by atoms with E-state index in [1.165, 1.54) is 5.56 Å². The Balaban J connectivity index is 1.35. The summed E-state index contributed by atoms with van der Waals surface area (Å²) in [5.74, 6) is -1.33. The summed E-state index contributed by atoms with van der Waals surface area (Å²) in [5.41, 5.74) is -0.855. The van der Waals surface area contributed by atoms with Crippen LogP contribution in [0, 0.1) is 0 Å². The molecule has 0 unspecified atom stereocenters. The molecule has 1 amide bonds. The number of benzene rings is 1. The van der Waals surface area contributed by atoms with E-state index < -0.39 is 29.5 Å². The molecule has 9 nitrogen and oxygen atoms in total. The van der Waals surface area contributed by atoms with Gasteiger partial charge in [0, 0.05) is 38.9 Å². The number of piperazine rings is 1. The van der Waals surface area contributed by atoms with Gasteiger partial charge in [-0.05, 0) is 32.3 Å². The van der Waals surface area contributed by atoms with E-state index in [0.717, 1.165) is 45.8 Å². The van der Waals surface area contributed by atoms with E-state index in [0.29, 0.717) is 0 Å². The summed E-state index contributed by atoms with van der Waals surface area (Å²) in [7, 11) is 0.992. The first kappa shape index (κ1) is 27.6. The maximum absolute atomic E-state index is 13.6. The van der Waals surface area contributed by atoms with Crippen LogP contribution in [0.5, 0.6) is 0 Å². The number of carbonyl (C=O) groups excluding carboxylic acids is 2. The number of rotatable bonds is 5. The van der Waals surface area contributed by atoms with Gasteiger partial charge in [0.15, 0.2) is 5.69 Å². The zero-order valence-corrected chi connectivity index (χ0v) is 21.6. The lowest BCUT2D eigenvalue weighted by atomic mass is 10.1. The predicted molar refractivity (Wildman–Crippen MR) is 133 cm³/mol. The van der Waals surface area contributed by atoms with Gasteiger partial charge >= 0.3 is 18.2 Å². The van der Waals surface area contributed by atoms with Crippen LogP contribution in [0.3, 0.4) is 0 Å². The van der Waals surface area contributed by atoms with Crippen molar-refractivity contribution in [1.29, 1.82) is 0 Å². The molecule has 0 saturated carbocycles. The van der Waals surface area contributed by atoms with Crippen LogP contribution in [0.1, 0.15) is 48.3 Å². The van der Waals surface area contributed by atoms with E-state index in [9.17, 15) is 22.8 Å². The maximum Gasteiger partial charge on any atom is 0.434 e. The van der Waals surface area contributed by atoms with Crippen molar-refractivity contribution in [2.75, 3.05) is 38.2 Å². The smallest absolute Gasteiger partial charge is 0.434 e. The molecule has 0 bridgehead atoms. The third-order valence-electron chi connectivity index (χ3n) is 6.91. The number of aromatic nitrogens is 2. The lowest BCUT2D eigenvalue weighted by molar-refractivity contribution is -0.141. The highest BCUT2D eigenvalue weighted by atomic mass is 19.4. The van der Waals surface area contributed by atoms with E-state index >= 15 is 0 Å². The Kier molecular flexibility index (Phi) is 8.39. The first-order valence-corrected chi connectivity index (χ1v) is 12.6. The van der Waals surface area contributed by atoms with Gasteiger partial charge in [-0.1, -0.05) is 30.3 Å². The largest absolute Gasteiger partial charge is 0.465 e.